The summed E-state index contributed by atoms with van der Waals surface area (Å²) in [4.78, 5) is 13.9. The summed E-state index contributed by atoms with van der Waals surface area (Å²) in [7, 11) is 1.23. The quantitative estimate of drug-likeness (QED) is 0.304. The van der Waals surface area contributed by atoms with Gasteiger partial charge in [-0.2, -0.15) is 8.78 Å². The number of hydrogen-bond donors (Lipinski definition) is 0. The molecule has 0 N–H and O–H groups in total. The predicted molar refractivity (Wildman–Crippen MR) is 101 cm³/mol. The van der Waals surface area contributed by atoms with Crippen LogP contribution in [0.4, 0.5) is 27.6 Å². The van der Waals surface area contributed by atoms with Gasteiger partial charge in [-0.05, 0) is 25.3 Å². The summed E-state index contributed by atoms with van der Waals surface area (Å²) in [5.41, 5.74) is -1.96. The third-order valence-electron chi connectivity index (χ3n) is 5.68. The van der Waals surface area contributed by atoms with Gasteiger partial charge in [0, 0.05) is 26.1 Å². The zero-order chi connectivity index (χ0) is 22.8. The zero-order valence-corrected chi connectivity index (χ0v) is 17.6. The number of methoxy groups -OCH3 is 1. The summed E-state index contributed by atoms with van der Waals surface area (Å²) in [6.07, 6.45) is -1.22. The van der Waals surface area contributed by atoms with E-state index in [1.165, 1.54) is 12.0 Å². The Labute approximate surface area is 172 Å². The molecule has 0 amide bonds. The standard InChI is InChI=1S/C21H26F5NO3/c1-6-27(7-2)19-12(17(25)16(24)11(9-29-5)18(19)26)10-30-20(28)15-13(8-14(22)23)21(15,3)4/h8,13,15H,6-7,9-10H2,1-5H3/t13-,15+/m1/s1. The van der Waals surface area contributed by atoms with Crippen LogP contribution in [0.2, 0.25) is 0 Å². The highest BCUT2D eigenvalue weighted by Gasteiger charge is 2.62. The second-order valence-corrected chi connectivity index (χ2v) is 7.74. The summed E-state index contributed by atoms with van der Waals surface area (Å²) >= 11 is 0. The number of anilines is 1. The second kappa shape index (κ2) is 9.32. The average Bonchev–Trinajstić information content (AvgIpc) is 3.22. The van der Waals surface area contributed by atoms with Crippen LogP contribution in [0, 0.1) is 34.7 Å². The summed E-state index contributed by atoms with van der Waals surface area (Å²) in [6, 6.07) is 0. The van der Waals surface area contributed by atoms with Gasteiger partial charge in [0.1, 0.15) is 6.61 Å². The van der Waals surface area contributed by atoms with Gasteiger partial charge in [0.2, 0.25) is 0 Å². The van der Waals surface area contributed by atoms with Gasteiger partial charge in [-0.15, -0.1) is 0 Å². The van der Waals surface area contributed by atoms with Gasteiger partial charge in [0.15, 0.2) is 17.5 Å². The van der Waals surface area contributed by atoms with Gasteiger partial charge in [-0.3, -0.25) is 4.79 Å². The summed E-state index contributed by atoms with van der Waals surface area (Å²) in [5, 5.41) is 0. The van der Waals surface area contributed by atoms with E-state index in [0.29, 0.717) is 19.2 Å². The molecule has 168 valence electrons. The Morgan fingerprint density at radius 3 is 2.10 bits per heavy atom. The van der Waals surface area contributed by atoms with Crippen molar-refractivity contribution in [3.8, 4) is 0 Å². The molecule has 0 radical (unpaired) electrons. The van der Waals surface area contributed by atoms with E-state index >= 15 is 4.39 Å². The van der Waals surface area contributed by atoms with Crippen molar-refractivity contribution in [1.82, 2.24) is 0 Å². The molecular weight excluding hydrogens is 409 g/mol. The van der Waals surface area contributed by atoms with Crippen molar-refractivity contribution in [2.45, 2.75) is 40.9 Å². The first-order chi connectivity index (χ1) is 14.0. The maximum absolute atomic E-state index is 15.0. The van der Waals surface area contributed by atoms with Gasteiger partial charge in [-0.25, -0.2) is 13.2 Å². The molecule has 1 aliphatic carbocycles. The van der Waals surface area contributed by atoms with Crippen LogP contribution >= 0.6 is 0 Å². The fourth-order valence-corrected chi connectivity index (χ4v) is 3.82. The van der Waals surface area contributed by atoms with Gasteiger partial charge >= 0.3 is 5.97 Å². The third-order valence-corrected chi connectivity index (χ3v) is 5.68. The molecule has 0 saturated heterocycles. The number of allylic oxidation sites excluding steroid dienone is 1. The van der Waals surface area contributed by atoms with Crippen LogP contribution in [0.3, 0.4) is 0 Å². The van der Waals surface area contributed by atoms with E-state index in [9.17, 15) is 22.4 Å². The first-order valence-corrected chi connectivity index (χ1v) is 9.64. The molecule has 0 aromatic heterocycles. The maximum Gasteiger partial charge on any atom is 0.310 e. The van der Waals surface area contributed by atoms with Crippen molar-refractivity contribution < 1.29 is 36.2 Å². The third kappa shape index (κ3) is 4.45. The van der Waals surface area contributed by atoms with E-state index < -0.39 is 71.1 Å². The molecule has 1 aliphatic rings. The summed E-state index contributed by atoms with van der Waals surface area (Å²) in [6.45, 7) is 6.08. The molecule has 1 saturated carbocycles. The summed E-state index contributed by atoms with van der Waals surface area (Å²) < 4.78 is 79.3. The Bertz CT molecular complexity index is 833. The molecule has 0 bridgehead atoms. The Morgan fingerprint density at radius 2 is 1.60 bits per heavy atom. The van der Waals surface area contributed by atoms with Crippen LogP contribution in [0.5, 0.6) is 0 Å². The molecule has 0 aliphatic heterocycles. The molecule has 2 atom stereocenters. The van der Waals surface area contributed by atoms with E-state index in [1.807, 2.05) is 0 Å². The van der Waals surface area contributed by atoms with E-state index in [4.69, 9.17) is 9.47 Å². The van der Waals surface area contributed by atoms with Crippen LogP contribution in [0.25, 0.3) is 0 Å². The maximum atomic E-state index is 15.0. The number of esters is 1. The highest BCUT2D eigenvalue weighted by molar-refractivity contribution is 5.78. The number of halogens is 5. The van der Waals surface area contributed by atoms with E-state index in [-0.39, 0.29) is 5.69 Å². The van der Waals surface area contributed by atoms with Crippen LogP contribution < -0.4 is 4.90 Å². The molecule has 0 heterocycles. The molecule has 4 nitrogen and oxygen atoms in total. The molecule has 30 heavy (non-hydrogen) atoms. The SMILES string of the molecule is CCN(CC)c1c(F)c(COC)c(F)c(F)c1COC(=O)[C@@H]1[C@@H](C=C(F)F)C1(C)C. The molecule has 0 spiro atoms. The first kappa shape index (κ1) is 24.1. The molecule has 1 aromatic rings. The average molecular weight is 435 g/mol. The number of carbonyl (C=O) groups excluding carboxylic acids is 1. The van der Waals surface area contributed by atoms with Crippen LogP contribution in [-0.2, 0) is 27.5 Å². The Balaban J connectivity index is 2.37. The Kier molecular flexibility index (Phi) is 7.49. The van der Waals surface area contributed by atoms with Crippen molar-refractivity contribution in [2.24, 2.45) is 17.3 Å². The van der Waals surface area contributed by atoms with E-state index in [2.05, 4.69) is 0 Å². The lowest BCUT2D eigenvalue weighted by Gasteiger charge is -2.26. The molecule has 2 rings (SSSR count). The fourth-order valence-electron chi connectivity index (χ4n) is 3.82. The van der Waals surface area contributed by atoms with E-state index in [1.54, 1.807) is 27.7 Å². The molecule has 1 aromatic carbocycles. The summed E-state index contributed by atoms with van der Waals surface area (Å²) in [5.74, 6) is -6.13. The van der Waals surface area contributed by atoms with Crippen LogP contribution in [-0.4, -0.2) is 26.2 Å². The molecule has 1 fully saturated rings. The van der Waals surface area contributed by atoms with Crippen molar-refractivity contribution >= 4 is 11.7 Å². The smallest absolute Gasteiger partial charge is 0.310 e. The van der Waals surface area contributed by atoms with Crippen LogP contribution in [0.15, 0.2) is 12.2 Å². The number of hydrogen-bond acceptors (Lipinski definition) is 4. The Hall–Kier alpha value is -2.16. The van der Waals surface area contributed by atoms with Crippen molar-refractivity contribution in [1.29, 1.82) is 0 Å². The van der Waals surface area contributed by atoms with Gasteiger partial charge in [0.25, 0.3) is 6.08 Å². The fraction of sp³-hybridized carbons (Fsp3) is 0.571. The minimum atomic E-state index is -1.91. The number of ether oxygens (including phenoxy) is 2. The predicted octanol–water partition coefficient (Wildman–Crippen LogP) is 5.19. The highest BCUT2D eigenvalue weighted by Crippen LogP contribution is 2.60. The topological polar surface area (TPSA) is 38.8 Å². The van der Waals surface area contributed by atoms with Gasteiger partial charge in [0.05, 0.1) is 29.3 Å². The van der Waals surface area contributed by atoms with Crippen LogP contribution in [0.1, 0.15) is 38.8 Å². The van der Waals surface area contributed by atoms with Crippen molar-refractivity contribution in [3.63, 3.8) is 0 Å². The minimum absolute atomic E-state index is 0.208. The normalized spacial score (nSPS) is 19.4. The minimum Gasteiger partial charge on any atom is -0.460 e. The second-order valence-electron chi connectivity index (χ2n) is 7.74. The number of nitrogens with zero attached hydrogens (tertiary/aromatic N) is 1. The lowest BCUT2D eigenvalue weighted by atomic mass is 10.0. The van der Waals surface area contributed by atoms with Crippen molar-refractivity contribution in [3.05, 3.63) is 40.7 Å². The number of rotatable bonds is 9. The number of carbonyl (C=O) groups is 1. The lowest BCUT2D eigenvalue weighted by Crippen LogP contribution is -2.27. The Morgan fingerprint density at radius 1 is 1.03 bits per heavy atom. The monoisotopic (exact) mass is 435 g/mol. The number of benzene rings is 1. The van der Waals surface area contributed by atoms with Crippen molar-refractivity contribution in [2.75, 3.05) is 25.1 Å². The highest BCUT2D eigenvalue weighted by atomic mass is 19.3. The largest absolute Gasteiger partial charge is 0.460 e. The zero-order valence-electron chi connectivity index (χ0n) is 17.6. The lowest BCUT2D eigenvalue weighted by molar-refractivity contribution is -0.147. The van der Waals surface area contributed by atoms with Gasteiger partial charge in [-0.1, -0.05) is 13.8 Å². The first-order valence-electron chi connectivity index (χ1n) is 9.64. The molecular formula is C21H26F5NO3. The molecule has 9 heteroatoms. The van der Waals surface area contributed by atoms with Gasteiger partial charge < -0.3 is 14.4 Å². The van der Waals surface area contributed by atoms with E-state index in [0.717, 1.165) is 0 Å². The molecule has 0 unspecified atom stereocenters.